The van der Waals surface area contributed by atoms with Gasteiger partial charge in [0.25, 0.3) is 0 Å². The van der Waals surface area contributed by atoms with Gasteiger partial charge in [-0.3, -0.25) is 4.79 Å². The van der Waals surface area contributed by atoms with E-state index in [1.165, 1.54) is 0 Å². The van der Waals surface area contributed by atoms with Gasteiger partial charge in [0.1, 0.15) is 12.4 Å². The summed E-state index contributed by atoms with van der Waals surface area (Å²) in [4.78, 5) is 11.8. The Morgan fingerprint density at radius 3 is 2.84 bits per heavy atom. The molecule has 0 saturated carbocycles. The van der Waals surface area contributed by atoms with Crippen molar-refractivity contribution < 1.29 is 9.53 Å². The van der Waals surface area contributed by atoms with E-state index in [2.05, 4.69) is 5.32 Å². The predicted molar refractivity (Wildman–Crippen MR) is 77.2 cm³/mol. The quantitative estimate of drug-likeness (QED) is 0.740. The Balaban J connectivity index is 2.29. The Morgan fingerprint density at radius 2 is 2.21 bits per heavy atom. The van der Waals surface area contributed by atoms with Crippen LogP contribution >= 0.6 is 0 Å². The van der Waals surface area contributed by atoms with E-state index in [9.17, 15) is 4.79 Å². The van der Waals surface area contributed by atoms with Crippen LogP contribution in [0, 0.1) is 6.92 Å². The van der Waals surface area contributed by atoms with Crippen molar-refractivity contribution in [3.8, 4) is 5.75 Å². The molecule has 106 valence electrons. The maximum Gasteiger partial charge on any atom is 0.239 e. The molecule has 19 heavy (non-hydrogen) atoms. The standard InChI is InChI=1S/C15H24N2O2/c1-4-8-15(3,16)14(18)17-9-10-19-13-7-5-6-12(2)11-13/h5-7,11H,4,8-10,16H2,1-3H3,(H,17,18). The number of hydrogen-bond donors (Lipinski definition) is 2. The van der Waals surface area contributed by atoms with Crippen LogP contribution in [-0.4, -0.2) is 24.6 Å². The third kappa shape index (κ3) is 5.30. The van der Waals surface area contributed by atoms with E-state index in [1.807, 2.05) is 38.1 Å². The second kappa shape index (κ2) is 7.14. The molecule has 0 aliphatic rings. The number of benzene rings is 1. The van der Waals surface area contributed by atoms with Crippen molar-refractivity contribution in [1.82, 2.24) is 5.32 Å². The van der Waals surface area contributed by atoms with Gasteiger partial charge in [-0.25, -0.2) is 0 Å². The van der Waals surface area contributed by atoms with Gasteiger partial charge in [0.05, 0.1) is 12.1 Å². The fourth-order valence-electron chi connectivity index (χ4n) is 1.87. The molecule has 0 saturated heterocycles. The minimum atomic E-state index is -0.794. The molecule has 1 aromatic carbocycles. The molecule has 3 N–H and O–H groups in total. The Labute approximate surface area is 115 Å². The van der Waals surface area contributed by atoms with Crippen molar-refractivity contribution in [3.05, 3.63) is 29.8 Å². The molecule has 4 heteroatoms. The summed E-state index contributed by atoms with van der Waals surface area (Å²) in [6, 6.07) is 7.82. The molecule has 0 fully saturated rings. The normalized spacial score (nSPS) is 13.7. The molecule has 1 atom stereocenters. The van der Waals surface area contributed by atoms with Crippen LogP contribution < -0.4 is 15.8 Å². The summed E-state index contributed by atoms with van der Waals surface area (Å²) in [6.07, 6.45) is 1.57. The molecule has 0 spiro atoms. The van der Waals surface area contributed by atoms with E-state index in [0.717, 1.165) is 17.7 Å². The van der Waals surface area contributed by atoms with Crippen LogP contribution in [0.2, 0.25) is 0 Å². The summed E-state index contributed by atoms with van der Waals surface area (Å²) in [6.45, 7) is 6.69. The lowest BCUT2D eigenvalue weighted by molar-refractivity contribution is -0.126. The average Bonchev–Trinajstić information content (AvgIpc) is 2.34. The molecule has 1 aromatic rings. The molecule has 1 unspecified atom stereocenters. The van der Waals surface area contributed by atoms with Crippen molar-refractivity contribution >= 4 is 5.91 Å². The second-order valence-corrected chi connectivity index (χ2v) is 5.09. The molecule has 0 bridgehead atoms. The lowest BCUT2D eigenvalue weighted by Crippen LogP contribution is -2.52. The van der Waals surface area contributed by atoms with E-state index >= 15 is 0 Å². The van der Waals surface area contributed by atoms with Gasteiger partial charge in [-0.05, 0) is 38.0 Å². The summed E-state index contributed by atoms with van der Waals surface area (Å²) in [7, 11) is 0. The van der Waals surface area contributed by atoms with Gasteiger partial charge in [0.2, 0.25) is 5.91 Å². The van der Waals surface area contributed by atoms with Gasteiger partial charge >= 0.3 is 0 Å². The van der Waals surface area contributed by atoms with Crippen LogP contribution in [-0.2, 0) is 4.79 Å². The number of nitrogens with one attached hydrogen (secondary N) is 1. The molecule has 0 aliphatic heterocycles. The number of carbonyl (C=O) groups excluding carboxylic acids is 1. The summed E-state index contributed by atoms with van der Waals surface area (Å²) < 4.78 is 5.55. The van der Waals surface area contributed by atoms with Gasteiger partial charge in [-0.2, -0.15) is 0 Å². The highest BCUT2D eigenvalue weighted by Crippen LogP contribution is 2.12. The van der Waals surface area contributed by atoms with E-state index < -0.39 is 5.54 Å². The number of aryl methyl sites for hydroxylation is 1. The van der Waals surface area contributed by atoms with Crippen molar-refractivity contribution in [2.24, 2.45) is 5.73 Å². The third-order valence-electron chi connectivity index (χ3n) is 2.93. The molecular weight excluding hydrogens is 240 g/mol. The number of rotatable bonds is 7. The number of amides is 1. The van der Waals surface area contributed by atoms with Gasteiger partial charge in [0.15, 0.2) is 0 Å². The molecular formula is C15H24N2O2. The maximum atomic E-state index is 11.8. The van der Waals surface area contributed by atoms with Gasteiger partial charge in [-0.15, -0.1) is 0 Å². The summed E-state index contributed by atoms with van der Waals surface area (Å²) in [5, 5.41) is 2.80. The first-order valence-electron chi connectivity index (χ1n) is 6.72. The van der Waals surface area contributed by atoms with Crippen molar-refractivity contribution in [3.63, 3.8) is 0 Å². The third-order valence-corrected chi connectivity index (χ3v) is 2.93. The highest BCUT2D eigenvalue weighted by molar-refractivity contribution is 5.85. The first kappa shape index (κ1) is 15.5. The largest absolute Gasteiger partial charge is 0.492 e. The Hall–Kier alpha value is -1.55. The van der Waals surface area contributed by atoms with Crippen LogP contribution in [0.15, 0.2) is 24.3 Å². The minimum Gasteiger partial charge on any atom is -0.492 e. The van der Waals surface area contributed by atoms with Crippen molar-refractivity contribution in [1.29, 1.82) is 0 Å². The predicted octanol–water partition coefficient (Wildman–Crippen LogP) is 2.01. The molecule has 0 radical (unpaired) electrons. The maximum absolute atomic E-state index is 11.8. The smallest absolute Gasteiger partial charge is 0.239 e. The van der Waals surface area contributed by atoms with Crippen molar-refractivity contribution in [2.45, 2.75) is 39.2 Å². The summed E-state index contributed by atoms with van der Waals surface area (Å²) >= 11 is 0. The topological polar surface area (TPSA) is 64.4 Å². The van der Waals surface area contributed by atoms with E-state index in [1.54, 1.807) is 6.92 Å². The first-order valence-corrected chi connectivity index (χ1v) is 6.72. The number of nitrogens with two attached hydrogens (primary N) is 1. The molecule has 4 nitrogen and oxygen atoms in total. The zero-order chi connectivity index (χ0) is 14.3. The molecule has 1 rings (SSSR count). The molecule has 0 aliphatic carbocycles. The van der Waals surface area contributed by atoms with Crippen LogP contribution in [0.1, 0.15) is 32.3 Å². The number of ether oxygens (including phenoxy) is 1. The van der Waals surface area contributed by atoms with E-state index in [0.29, 0.717) is 19.6 Å². The number of hydrogen-bond acceptors (Lipinski definition) is 3. The van der Waals surface area contributed by atoms with E-state index in [4.69, 9.17) is 10.5 Å². The fourth-order valence-corrected chi connectivity index (χ4v) is 1.87. The van der Waals surface area contributed by atoms with Crippen LogP contribution in [0.4, 0.5) is 0 Å². The Morgan fingerprint density at radius 1 is 1.47 bits per heavy atom. The SMILES string of the molecule is CCCC(C)(N)C(=O)NCCOc1cccc(C)c1. The van der Waals surface area contributed by atoms with Crippen LogP contribution in [0.5, 0.6) is 5.75 Å². The molecule has 1 amide bonds. The first-order chi connectivity index (χ1) is 8.95. The zero-order valence-corrected chi connectivity index (χ0v) is 12.0. The second-order valence-electron chi connectivity index (χ2n) is 5.09. The lowest BCUT2D eigenvalue weighted by atomic mass is 9.97. The monoisotopic (exact) mass is 264 g/mol. The highest BCUT2D eigenvalue weighted by atomic mass is 16.5. The zero-order valence-electron chi connectivity index (χ0n) is 12.0. The minimum absolute atomic E-state index is 0.123. The number of carbonyl (C=O) groups is 1. The van der Waals surface area contributed by atoms with Gasteiger partial charge < -0.3 is 15.8 Å². The van der Waals surface area contributed by atoms with E-state index in [-0.39, 0.29) is 5.91 Å². The average molecular weight is 264 g/mol. The van der Waals surface area contributed by atoms with Gasteiger partial charge in [-0.1, -0.05) is 25.5 Å². The Bertz CT molecular complexity index is 416. The van der Waals surface area contributed by atoms with Gasteiger partial charge in [0, 0.05) is 0 Å². The Kier molecular flexibility index (Phi) is 5.83. The lowest BCUT2D eigenvalue weighted by Gasteiger charge is -2.22. The summed E-state index contributed by atoms with van der Waals surface area (Å²) in [5.41, 5.74) is 6.29. The highest BCUT2D eigenvalue weighted by Gasteiger charge is 2.26. The molecule has 0 heterocycles. The summed E-state index contributed by atoms with van der Waals surface area (Å²) in [5.74, 6) is 0.695. The van der Waals surface area contributed by atoms with Crippen LogP contribution in [0.3, 0.4) is 0 Å². The fraction of sp³-hybridized carbons (Fsp3) is 0.533. The van der Waals surface area contributed by atoms with Crippen LogP contribution in [0.25, 0.3) is 0 Å². The molecule has 0 aromatic heterocycles. The van der Waals surface area contributed by atoms with Crippen molar-refractivity contribution in [2.75, 3.05) is 13.2 Å².